The van der Waals surface area contributed by atoms with E-state index in [1.54, 1.807) is 0 Å². The number of rotatable bonds is 2. The van der Waals surface area contributed by atoms with Gasteiger partial charge >= 0.3 is 37.9 Å². The van der Waals surface area contributed by atoms with Gasteiger partial charge in [0.15, 0.2) is 0 Å². The van der Waals surface area contributed by atoms with Crippen molar-refractivity contribution < 1.29 is 20.8 Å². The molecular weight excluding hydrogens is 703 g/mol. The number of hydrogen-bond donors (Lipinski definition) is 0. The maximum atomic E-state index is 4.93. The summed E-state index contributed by atoms with van der Waals surface area (Å²) in [4.78, 5) is 5.01. The Labute approximate surface area is 295 Å². The first kappa shape index (κ1) is 33.0. The van der Waals surface area contributed by atoms with Crippen molar-refractivity contribution in [1.82, 2.24) is 4.57 Å². The molecule has 2 nitrogen and oxygen atoms in total. The standard InChI is InChI=1S/C30H21N2S.C10H15.2ClH.Zr/c1-20-16-22-18-23(31-15-14-21-8-2-3-9-25(21)31)19-28(24(22)17-20)32-26-10-4-6-12-29(26)33-30-13-7-5-11-27(30)32;1-7-6-10(4,5)9(3)8(7)2;;;/h2-19H,1H3;1-5H3;2*1H;/q2*-1;;;+4/p-2. The van der Waals surface area contributed by atoms with E-state index < -0.39 is 20.8 Å². The molecule has 1 aromatic heterocycles. The molecule has 0 saturated carbocycles. The van der Waals surface area contributed by atoms with Gasteiger partial charge < -0.3 is 9.47 Å². The van der Waals surface area contributed by atoms with Gasteiger partial charge in [-0.2, -0.15) is 17.2 Å². The monoisotopic (exact) mass is 736 g/mol. The van der Waals surface area contributed by atoms with E-state index in [-0.39, 0.29) is 5.41 Å². The summed E-state index contributed by atoms with van der Waals surface area (Å²) in [6.45, 7) is 13.1. The van der Waals surface area contributed by atoms with Crippen LogP contribution in [0, 0.1) is 18.4 Å². The summed E-state index contributed by atoms with van der Waals surface area (Å²) in [6.07, 6.45) is 5.62. The summed E-state index contributed by atoms with van der Waals surface area (Å²) >= 11 is 1.02. The van der Waals surface area contributed by atoms with E-state index >= 15 is 0 Å². The number of anilines is 3. The number of allylic oxidation sites excluding steroid dienone is 4. The number of fused-ring (bicyclic) bond motifs is 4. The molecular formula is C40H36Cl2N2SZr. The Morgan fingerprint density at radius 2 is 1.37 bits per heavy atom. The van der Waals surface area contributed by atoms with Crippen LogP contribution in [-0.4, -0.2) is 4.57 Å². The zero-order valence-corrected chi connectivity index (χ0v) is 31.7. The van der Waals surface area contributed by atoms with Crippen LogP contribution in [0.25, 0.3) is 27.4 Å². The minimum atomic E-state index is -0.826. The number of aromatic nitrogens is 1. The van der Waals surface area contributed by atoms with E-state index in [0.29, 0.717) is 0 Å². The van der Waals surface area contributed by atoms with E-state index in [4.69, 9.17) is 17.0 Å². The van der Waals surface area contributed by atoms with Crippen molar-refractivity contribution >= 4 is 67.5 Å². The van der Waals surface area contributed by atoms with Gasteiger partial charge in [0.1, 0.15) is 0 Å². The van der Waals surface area contributed by atoms with Crippen LogP contribution in [0.15, 0.2) is 136 Å². The topological polar surface area (TPSA) is 8.17 Å². The number of benzene rings is 4. The van der Waals surface area contributed by atoms with E-state index in [9.17, 15) is 0 Å². The molecule has 5 aromatic carbocycles. The van der Waals surface area contributed by atoms with Gasteiger partial charge in [-0.25, -0.2) is 5.57 Å². The number of aryl methyl sites for hydroxylation is 1. The van der Waals surface area contributed by atoms with Crippen LogP contribution in [-0.2, 0) is 20.8 Å². The normalized spacial score (nSPS) is 14.5. The maximum absolute atomic E-state index is 4.93. The summed E-state index contributed by atoms with van der Waals surface area (Å²) in [6, 6.07) is 37.5. The van der Waals surface area contributed by atoms with Crippen LogP contribution >= 0.6 is 28.8 Å². The van der Waals surface area contributed by atoms with Crippen LogP contribution in [0.3, 0.4) is 0 Å². The first-order chi connectivity index (χ1) is 22.1. The van der Waals surface area contributed by atoms with Crippen molar-refractivity contribution in [2.75, 3.05) is 4.90 Å². The number of hydrogen-bond acceptors (Lipinski definition) is 2. The summed E-state index contributed by atoms with van der Waals surface area (Å²) in [5.74, 6) is 0. The Morgan fingerprint density at radius 3 is 1.96 bits per heavy atom. The summed E-state index contributed by atoms with van der Waals surface area (Å²) in [5.41, 5.74) is 11.8. The Kier molecular flexibility index (Phi) is 9.84. The van der Waals surface area contributed by atoms with Gasteiger partial charge in [-0.15, -0.1) is 35.4 Å². The van der Waals surface area contributed by atoms with E-state index in [2.05, 4.69) is 166 Å². The van der Waals surface area contributed by atoms with E-state index in [1.165, 1.54) is 76.5 Å². The van der Waals surface area contributed by atoms with Crippen LogP contribution in [0.5, 0.6) is 0 Å². The zero-order chi connectivity index (χ0) is 32.6. The van der Waals surface area contributed by atoms with Crippen molar-refractivity contribution in [2.45, 2.75) is 51.3 Å². The molecule has 46 heavy (non-hydrogen) atoms. The van der Waals surface area contributed by atoms with Crippen molar-refractivity contribution in [1.29, 1.82) is 0 Å². The van der Waals surface area contributed by atoms with Gasteiger partial charge in [-0.1, -0.05) is 94.3 Å². The molecule has 0 N–H and O–H groups in total. The molecule has 6 aromatic rings. The number of para-hydroxylation sites is 3. The molecule has 0 atom stereocenters. The Bertz CT molecular complexity index is 2070. The molecule has 0 unspecified atom stereocenters. The molecule has 2 aliphatic rings. The third kappa shape index (κ3) is 6.35. The van der Waals surface area contributed by atoms with Crippen molar-refractivity contribution in [3.05, 3.63) is 138 Å². The molecule has 6 heteroatoms. The van der Waals surface area contributed by atoms with Crippen molar-refractivity contribution in [3.63, 3.8) is 0 Å². The van der Waals surface area contributed by atoms with Gasteiger partial charge in [0.2, 0.25) is 0 Å². The summed E-state index contributed by atoms with van der Waals surface area (Å²) in [5, 5.41) is 3.80. The van der Waals surface area contributed by atoms with Crippen molar-refractivity contribution in [2.24, 2.45) is 5.41 Å². The number of nitrogens with zero attached hydrogens (tertiary/aromatic N) is 2. The van der Waals surface area contributed by atoms with Crippen LogP contribution in [0.4, 0.5) is 17.1 Å². The molecule has 0 spiro atoms. The second-order valence-electron chi connectivity index (χ2n) is 12.3. The quantitative estimate of drug-likeness (QED) is 0.163. The molecule has 0 bridgehead atoms. The van der Waals surface area contributed by atoms with Crippen LogP contribution < -0.4 is 4.90 Å². The molecule has 0 radical (unpaired) electrons. The molecule has 8 rings (SSSR count). The molecule has 230 valence electrons. The third-order valence-corrected chi connectivity index (χ3v) is 10.2. The second kappa shape index (κ2) is 13.7. The minimum absolute atomic E-state index is 0.189. The average Bonchev–Trinajstić information content (AvgIpc) is 3.70. The first-order valence-electron chi connectivity index (χ1n) is 15.3. The summed E-state index contributed by atoms with van der Waals surface area (Å²) in [7, 11) is 9.87. The predicted molar refractivity (Wildman–Crippen MR) is 196 cm³/mol. The first-order valence-corrected chi connectivity index (χ1v) is 22.5. The SMILES string of the molecule is CC1=[C-]C(C)(C)C(C)=C1C.Cc1cc2c(N3c4ccccc4Sc4ccccc43)cc(-n3ccc4ccccc43)cc2[cH-]1.[Cl][Zr+2][Cl]. The molecule has 0 amide bonds. The third-order valence-electron chi connectivity index (χ3n) is 9.04. The molecule has 1 aliphatic heterocycles. The van der Waals surface area contributed by atoms with Gasteiger partial charge in [0.05, 0.1) is 16.9 Å². The van der Waals surface area contributed by atoms with Crippen LogP contribution in [0.2, 0.25) is 0 Å². The molecule has 1 aliphatic carbocycles. The van der Waals surface area contributed by atoms with Gasteiger partial charge in [-0.3, -0.25) is 6.08 Å². The Hall–Kier alpha value is -2.88. The fourth-order valence-corrected chi connectivity index (χ4v) is 7.50. The van der Waals surface area contributed by atoms with Crippen LogP contribution in [0.1, 0.15) is 40.2 Å². The fourth-order valence-electron chi connectivity index (χ4n) is 6.44. The molecule has 0 fully saturated rings. The molecule has 2 heterocycles. The number of halogens is 2. The van der Waals surface area contributed by atoms with E-state index in [0.717, 1.165) is 0 Å². The Morgan fingerprint density at radius 1 is 0.761 bits per heavy atom. The zero-order valence-electron chi connectivity index (χ0n) is 27.0. The van der Waals surface area contributed by atoms with Gasteiger partial charge in [-0.05, 0) is 47.9 Å². The van der Waals surface area contributed by atoms with Crippen molar-refractivity contribution in [3.8, 4) is 5.69 Å². The van der Waals surface area contributed by atoms with Gasteiger partial charge in [0.25, 0.3) is 0 Å². The summed E-state index contributed by atoms with van der Waals surface area (Å²) < 4.78 is 2.30. The fraction of sp³-hybridized carbons (Fsp3) is 0.175. The second-order valence-corrected chi connectivity index (χ2v) is 17.1. The average molecular weight is 739 g/mol. The predicted octanol–water partition coefficient (Wildman–Crippen LogP) is 13.2. The van der Waals surface area contributed by atoms with E-state index in [1.807, 2.05) is 11.8 Å². The molecule has 0 saturated heterocycles. The van der Waals surface area contributed by atoms with Gasteiger partial charge in [0, 0.05) is 27.4 Å². The Balaban J connectivity index is 0.000000242.